The number of carbonyl (C=O) groups is 1. The van der Waals surface area contributed by atoms with E-state index in [9.17, 15) is 4.79 Å². The van der Waals surface area contributed by atoms with Gasteiger partial charge in [0.05, 0.1) is 26.6 Å². The number of nitrogens with zero attached hydrogens (tertiary/aromatic N) is 4. The summed E-state index contributed by atoms with van der Waals surface area (Å²) in [5, 5.41) is 7.98. The third-order valence-corrected chi connectivity index (χ3v) is 5.43. The number of nitrogens with one attached hydrogen (secondary N) is 2. The van der Waals surface area contributed by atoms with E-state index >= 15 is 0 Å². The monoisotopic (exact) mass is 468 g/mol. The maximum absolute atomic E-state index is 12.0. The first-order valence-electron chi connectivity index (χ1n) is 11.5. The van der Waals surface area contributed by atoms with Crippen LogP contribution in [0, 0.1) is 0 Å². The summed E-state index contributed by atoms with van der Waals surface area (Å²) >= 11 is 0. The normalized spacial score (nSPS) is 11.0. The highest BCUT2D eigenvalue weighted by Crippen LogP contribution is 2.25. The van der Waals surface area contributed by atoms with Crippen LogP contribution in [0.4, 0.5) is 16.2 Å². The first kappa shape index (κ1) is 26.5. The zero-order valence-corrected chi connectivity index (χ0v) is 21.0. The Labute approximate surface area is 202 Å². The number of benzene rings is 2. The fourth-order valence-electron chi connectivity index (χ4n) is 3.53. The van der Waals surface area contributed by atoms with Gasteiger partial charge in [0.2, 0.25) is 0 Å². The molecular weight excluding hydrogens is 432 g/mol. The summed E-state index contributed by atoms with van der Waals surface area (Å²) in [6, 6.07) is 11.2. The van der Waals surface area contributed by atoms with Gasteiger partial charge < -0.3 is 19.3 Å². The number of amides is 2. The molecule has 0 saturated carbocycles. The van der Waals surface area contributed by atoms with E-state index in [0.29, 0.717) is 11.5 Å². The molecule has 0 radical (unpaired) electrons. The van der Waals surface area contributed by atoms with E-state index < -0.39 is 6.03 Å². The van der Waals surface area contributed by atoms with E-state index in [1.54, 1.807) is 14.2 Å². The zero-order chi connectivity index (χ0) is 24.9. The predicted molar refractivity (Wildman–Crippen MR) is 140 cm³/mol. The van der Waals surface area contributed by atoms with Crippen LogP contribution in [0.2, 0.25) is 0 Å². The Kier molecular flexibility index (Phi) is 10.7. The summed E-state index contributed by atoms with van der Waals surface area (Å²) in [5.41, 5.74) is 8.43. The van der Waals surface area contributed by atoms with Gasteiger partial charge in [-0.15, -0.1) is 0 Å². The van der Waals surface area contributed by atoms with Crippen molar-refractivity contribution in [2.75, 3.05) is 50.2 Å². The highest BCUT2D eigenvalue weighted by atomic mass is 16.5. The van der Waals surface area contributed by atoms with Crippen molar-refractivity contribution in [3.63, 3.8) is 0 Å². The third kappa shape index (κ3) is 7.13. The van der Waals surface area contributed by atoms with Crippen molar-refractivity contribution in [3.05, 3.63) is 47.5 Å². The van der Waals surface area contributed by atoms with Crippen LogP contribution in [0.1, 0.15) is 38.8 Å². The van der Waals surface area contributed by atoms with Gasteiger partial charge in [-0.05, 0) is 52.0 Å². The number of hydrogen-bond donors (Lipinski definition) is 2. The molecule has 0 atom stereocenters. The van der Waals surface area contributed by atoms with E-state index in [0.717, 1.165) is 48.7 Å². The topological polar surface area (TPSA) is 90.8 Å². The molecule has 0 aliphatic carbocycles. The van der Waals surface area contributed by atoms with Gasteiger partial charge in [0.1, 0.15) is 11.5 Å². The smallest absolute Gasteiger partial charge is 0.355 e. The van der Waals surface area contributed by atoms with Crippen molar-refractivity contribution >= 4 is 29.8 Å². The van der Waals surface area contributed by atoms with Crippen molar-refractivity contribution in [1.82, 2.24) is 10.9 Å². The second kappa shape index (κ2) is 13.7. The summed E-state index contributed by atoms with van der Waals surface area (Å²) in [7, 11) is 3.22. The lowest BCUT2D eigenvalue weighted by molar-refractivity contribution is 0.242. The van der Waals surface area contributed by atoms with Gasteiger partial charge in [-0.25, -0.2) is 15.6 Å². The van der Waals surface area contributed by atoms with E-state index in [1.165, 1.54) is 12.4 Å². The number of ether oxygens (including phenoxy) is 2. The molecule has 2 N–H and O–H groups in total. The van der Waals surface area contributed by atoms with Crippen LogP contribution < -0.4 is 30.1 Å². The molecule has 2 aromatic rings. The summed E-state index contributed by atoms with van der Waals surface area (Å²) in [6.07, 6.45) is 3.06. The number of hydrogen-bond acceptors (Lipinski definition) is 7. The van der Waals surface area contributed by atoms with Crippen molar-refractivity contribution in [2.45, 2.75) is 27.7 Å². The Bertz CT molecular complexity index is 907. The lowest BCUT2D eigenvalue weighted by Crippen LogP contribution is -2.28. The van der Waals surface area contributed by atoms with Crippen molar-refractivity contribution in [2.24, 2.45) is 10.2 Å². The molecule has 34 heavy (non-hydrogen) atoms. The lowest BCUT2D eigenvalue weighted by atomic mass is 10.2. The fourth-order valence-corrected chi connectivity index (χ4v) is 3.53. The van der Waals surface area contributed by atoms with Gasteiger partial charge >= 0.3 is 6.03 Å². The molecule has 9 nitrogen and oxygen atoms in total. The number of hydrazone groups is 2. The quantitative estimate of drug-likeness (QED) is 0.362. The minimum Gasteiger partial charge on any atom is -0.496 e. The number of carbonyl (C=O) groups excluding carboxylic acids is 1. The molecule has 0 spiro atoms. The number of rotatable bonds is 12. The highest BCUT2D eigenvalue weighted by molar-refractivity contribution is 5.87. The molecule has 0 fully saturated rings. The maximum atomic E-state index is 12.0. The Morgan fingerprint density at radius 1 is 0.765 bits per heavy atom. The number of urea groups is 1. The van der Waals surface area contributed by atoms with Crippen LogP contribution in [0.25, 0.3) is 0 Å². The maximum Gasteiger partial charge on any atom is 0.355 e. The van der Waals surface area contributed by atoms with Gasteiger partial charge in [0.15, 0.2) is 0 Å². The molecule has 2 amide bonds. The molecule has 0 aliphatic rings. The Morgan fingerprint density at radius 3 is 1.47 bits per heavy atom. The third-order valence-electron chi connectivity index (χ3n) is 5.43. The first-order chi connectivity index (χ1) is 16.5. The molecule has 184 valence electrons. The van der Waals surface area contributed by atoms with Crippen LogP contribution >= 0.6 is 0 Å². The standard InChI is InChI=1S/C25H36N6O3/c1-7-30(8-2)21-13-11-19(23(15-21)33-5)17-26-28-25(32)29-27-18-20-12-14-22(16-24(20)34-6)31(9-3)10-4/h11-18H,7-10H2,1-6H3,(H2,28,29,32)/b26-17-,27-18-. The summed E-state index contributed by atoms with van der Waals surface area (Å²) in [5.74, 6) is 1.35. The van der Waals surface area contributed by atoms with Crippen molar-refractivity contribution in [1.29, 1.82) is 0 Å². The van der Waals surface area contributed by atoms with Crippen LogP contribution in [0.3, 0.4) is 0 Å². The van der Waals surface area contributed by atoms with Crippen LogP contribution in [0.15, 0.2) is 46.6 Å². The summed E-state index contributed by atoms with van der Waals surface area (Å²) in [4.78, 5) is 16.5. The largest absolute Gasteiger partial charge is 0.496 e. The Hall–Kier alpha value is -3.75. The molecule has 2 aromatic carbocycles. The van der Waals surface area contributed by atoms with E-state index in [1.807, 2.05) is 36.4 Å². The van der Waals surface area contributed by atoms with Gasteiger partial charge in [0, 0.05) is 60.8 Å². The number of anilines is 2. The zero-order valence-electron chi connectivity index (χ0n) is 21.0. The summed E-state index contributed by atoms with van der Waals surface area (Å²) < 4.78 is 10.9. The average Bonchev–Trinajstić information content (AvgIpc) is 2.86. The Balaban J connectivity index is 1.98. The highest BCUT2D eigenvalue weighted by Gasteiger charge is 2.08. The number of methoxy groups -OCH3 is 2. The second-order valence-electron chi connectivity index (χ2n) is 7.27. The van der Waals surface area contributed by atoms with Gasteiger partial charge in [-0.3, -0.25) is 0 Å². The Morgan fingerprint density at radius 2 is 1.15 bits per heavy atom. The molecule has 0 aromatic heterocycles. The van der Waals surface area contributed by atoms with Gasteiger partial charge in [-0.2, -0.15) is 10.2 Å². The van der Waals surface area contributed by atoms with E-state index in [4.69, 9.17) is 9.47 Å². The predicted octanol–water partition coefficient (Wildman–Crippen LogP) is 4.06. The molecule has 9 heteroatoms. The van der Waals surface area contributed by atoms with Crippen molar-refractivity contribution in [3.8, 4) is 11.5 Å². The molecule has 0 bridgehead atoms. The molecule has 0 aliphatic heterocycles. The molecule has 0 heterocycles. The molecular formula is C25H36N6O3. The van der Waals surface area contributed by atoms with Crippen LogP contribution in [-0.2, 0) is 0 Å². The lowest BCUT2D eigenvalue weighted by Gasteiger charge is -2.22. The second-order valence-corrected chi connectivity index (χ2v) is 7.27. The average molecular weight is 469 g/mol. The molecule has 0 unspecified atom stereocenters. The molecule has 2 rings (SSSR count). The van der Waals surface area contributed by atoms with Gasteiger partial charge in [-0.1, -0.05) is 0 Å². The van der Waals surface area contributed by atoms with E-state index in [2.05, 4.69) is 58.5 Å². The van der Waals surface area contributed by atoms with Gasteiger partial charge in [0.25, 0.3) is 0 Å². The van der Waals surface area contributed by atoms with E-state index in [-0.39, 0.29) is 0 Å². The van der Waals surface area contributed by atoms with Crippen LogP contribution in [-0.4, -0.2) is 58.9 Å². The first-order valence-corrected chi connectivity index (χ1v) is 11.5. The van der Waals surface area contributed by atoms with Crippen molar-refractivity contribution < 1.29 is 14.3 Å². The minimum atomic E-state index is -0.565. The minimum absolute atomic E-state index is 0.565. The summed E-state index contributed by atoms with van der Waals surface area (Å²) in [6.45, 7) is 12.0. The fraction of sp³-hybridized carbons (Fsp3) is 0.400. The molecule has 0 saturated heterocycles. The van der Waals surface area contributed by atoms with Crippen LogP contribution in [0.5, 0.6) is 11.5 Å². The SMILES string of the molecule is CCN(CC)c1ccc(/C=N\NC(=O)N/N=C\c2ccc(N(CC)CC)cc2OC)c(OC)c1.